The van der Waals surface area contributed by atoms with Crippen LogP contribution in [0.2, 0.25) is 0 Å². The summed E-state index contributed by atoms with van der Waals surface area (Å²) in [5, 5.41) is 16.5. The van der Waals surface area contributed by atoms with Gasteiger partial charge in [-0.3, -0.25) is 9.59 Å². The zero-order chi connectivity index (χ0) is 26.4. The summed E-state index contributed by atoms with van der Waals surface area (Å²) in [4.78, 5) is 47.9. The second-order valence-corrected chi connectivity index (χ2v) is 8.89. The highest BCUT2D eigenvalue weighted by molar-refractivity contribution is 5.88. The van der Waals surface area contributed by atoms with Crippen molar-refractivity contribution in [3.8, 4) is 5.75 Å². The van der Waals surface area contributed by atoms with E-state index in [2.05, 4.69) is 10.6 Å². The molecule has 1 heterocycles. The number of nitrogens with one attached hydrogen (secondary N) is 2. The van der Waals surface area contributed by atoms with Crippen molar-refractivity contribution < 1.29 is 28.6 Å². The molecule has 0 aliphatic heterocycles. The normalized spacial score (nSPS) is 11.8. The van der Waals surface area contributed by atoms with Crippen LogP contribution in [0.25, 0.3) is 11.0 Å². The quantitative estimate of drug-likeness (QED) is 0.407. The van der Waals surface area contributed by atoms with Crippen molar-refractivity contribution in [1.82, 2.24) is 10.6 Å². The molecule has 0 aliphatic carbocycles. The van der Waals surface area contributed by atoms with Gasteiger partial charge in [-0.2, -0.15) is 0 Å². The highest BCUT2D eigenvalue weighted by Gasteiger charge is 2.19. The molecule has 2 aromatic carbocycles. The molecule has 2 amide bonds. The zero-order valence-corrected chi connectivity index (χ0v) is 20.7. The average Bonchev–Trinajstić information content (AvgIpc) is 2.84. The van der Waals surface area contributed by atoms with Gasteiger partial charge in [-0.15, -0.1) is 0 Å². The summed E-state index contributed by atoms with van der Waals surface area (Å²) in [5.41, 5.74) is 2.93. The largest absolute Gasteiger partial charge is 0.548 e. The molecule has 9 heteroatoms. The SMILES string of the molecule is Cc1c(Cc2ccccc2)c(=O)oc2c(C)c(OCC(=O)NCC(=O)N[C@H](C(=O)[O-])C(C)C)ccc12. The fourth-order valence-electron chi connectivity index (χ4n) is 3.83. The van der Waals surface area contributed by atoms with Crippen LogP contribution in [-0.4, -0.2) is 37.0 Å². The number of rotatable bonds is 10. The van der Waals surface area contributed by atoms with Crippen LogP contribution in [0.1, 0.15) is 36.1 Å². The van der Waals surface area contributed by atoms with Gasteiger partial charge < -0.3 is 29.7 Å². The molecule has 0 fully saturated rings. The van der Waals surface area contributed by atoms with E-state index in [1.165, 1.54) is 0 Å². The lowest BCUT2D eigenvalue weighted by Gasteiger charge is -2.23. The number of benzene rings is 2. The van der Waals surface area contributed by atoms with Crippen molar-refractivity contribution in [2.24, 2.45) is 5.92 Å². The third kappa shape index (κ3) is 6.29. The van der Waals surface area contributed by atoms with E-state index in [1.54, 1.807) is 32.9 Å². The molecule has 1 atom stereocenters. The summed E-state index contributed by atoms with van der Waals surface area (Å²) in [5.74, 6) is -2.63. The van der Waals surface area contributed by atoms with Gasteiger partial charge >= 0.3 is 5.63 Å². The van der Waals surface area contributed by atoms with Gasteiger partial charge in [0, 0.05) is 22.9 Å². The molecule has 0 aliphatic rings. The van der Waals surface area contributed by atoms with Crippen LogP contribution >= 0.6 is 0 Å². The third-order valence-electron chi connectivity index (χ3n) is 5.92. The zero-order valence-electron chi connectivity index (χ0n) is 20.7. The van der Waals surface area contributed by atoms with Crippen LogP contribution in [-0.2, 0) is 20.8 Å². The molecule has 0 saturated heterocycles. The predicted molar refractivity (Wildman–Crippen MR) is 131 cm³/mol. The number of amides is 2. The number of aliphatic carboxylic acids is 1. The highest BCUT2D eigenvalue weighted by atomic mass is 16.5. The Morgan fingerprint density at radius 1 is 1.00 bits per heavy atom. The molecule has 0 bridgehead atoms. The fourth-order valence-corrected chi connectivity index (χ4v) is 3.83. The molecule has 1 aromatic heterocycles. The number of ether oxygens (including phenoxy) is 1. The number of carbonyl (C=O) groups is 3. The minimum Gasteiger partial charge on any atom is -0.548 e. The first-order chi connectivity index (χ1) is 17.1. The summed E-state index contributed by atoms with van der Waals surface area (Å²) < 4.78 is 11.2. The summed E-state index contributed by atoms with van der Waals surface area (Å²) in [7, 11) is 0. The molecule has 0 saturated carbocycles. The number of aryl methyl sites for hydroxylation is 2. The lowest BCUT2D eigenvalue weighted by Crippen LogP contribution is -2.53. The number of hydrogen-bond donors (Lipinski definition) is 2. The summed E-state index contributed by atoms with van der Waals surface area (Å²) >= 11 is 0. The van der Waals surface area contributed by atoms with E-state index in [0.29, 0.717) is 28.9 Å². The van der Waals surface area contributed by atoms with Crippen LogP contribution < -0.4 is 26.1 Å². The van der Waals surface area contributed by atoms with Gasteiger partial charge in [0.2, 0.25) is 5.91 Å². The number of carboxylic acids is 1. The third-order valence-corrected chi connectivity index (χ3v) is 5.92. The van der Waals surface area contributed by atoms with Gasteiger partial charge in [0.05, 0.1) is 18.6 Å². The molecule has 36 heavy (non-hydrogen) atoms. The Kier molecular flexibility index (Phi) is 8.47. The predicted octanol–water partition coefficient (Wildman–Crippen LogP) is 1.39. The maximum absolute atomic E-state index is 12.7. The first-order valence-electron chi connectivity index (χ1n) is 11.6. The van der Waals surface area contributed by atoms with Crippen LogP contribution in [0.3, 0.4) is 0 Å². The lowest BCUT2D eigenvalue weighted by atomic mass is 9.98. The van der Waals surface area contributed by atoms with E-state index < -0.39 is 36.0 Å². The Morgan fingerprint density at radius 2 is 1.69 bits per heavy atom. The Morgan fingerprint density at radius 3 is 2.33 bits per heavy atom. The average molecular weight is 494 g/mol. The van der Waals surface area contributed by atoms with E-state index in [4.69, 9.17) is 9.15 Å². The number of carboxylic acid groups (broad SMARTS) is 1. The van der Waals surface area contributed by atoms with Gasteiger partial charge in [-0.1, -0.05) is 44.2 Å². The Balaban J connectivity index is 1.66. The second-order valence-electron chi connectivity index (χ2n) is 8.89. The van der Waals surface area contributed by atoms with Gasteiger partial charge in [0.25, 0.3) is 5.91 Å². The molecule has 190 valence electrons. The molecule has 9 nitrogen and oxygen atoms in total. The molecule has 3 aromatic rings. The maximum atomic E-state index is 12.7. The van der Waals surface area contributed by atoms with Crippen LogP contribution in [0.5, 0.6) is 5.75 Å². The molecular weight excluding hydrogens is 464 g/mol. The number of carbonyl (C=O) groups excluding carboxylic acids is 3. The van der Waals surface area contributed by atoms with Crippen LogP contribution in [0.4, 0.5) is 0 Å². The summed E-state index contributed by atoms with van der Waals surface area (Å²) in [6.07, 6.45) is 0.455. The van der Waals surface area contributed by atoms with Crippen molar-refractivity contribution >= 4 is 28.8 Å². The van der Waals surface area contributed by atoms with E-state index in [9.17, 15) is 24.3 Å². The molecule has 0 spiro atoms. The Bertz CT molecular complexity index is 1330. The van der Waals surface area contributed by atoms with E-state index >= 15 is 0 Å². The second kappa shape index (κ2) is 11.5. The van der Waals surface area contributed by atoms with E-state index in [-0.39, 0.29) is 12.5 Å². The smallest absolute Gasteiger partial charge is 0.340 e. The van der Waals surface area contributed by atoms with Gasteiger partial charge in [-0.05, 0) is 43.0 Å². The number of fused-ring (bicyclic) bond motifs is 1. The van der Waals surface area contributed by atoms with Crippen molar-refractivity contribution in [1.29, 1.82) is 0 Å². The molecule has 0 radical (unpaired) electrons. The van der Waals surface area contributed by atoms with E-state index in [1.807, 2.05) is 37.3 Å². The monoisotopic (exact) mass is 493 g/mol. The standard InChI is InChI=1S/C27H30N2O7/c1-15(2)24(26(32)33)29-22(30)13-28-23(31)14-35-21-11-10-19-16(3)20(12-18-8-6-5-7-9-18)27(34)36-25(19)17(21)4/h5-11,15,24H,12-14H2,1-4H3,(H,28,31)(H,29,30)(H,32,33)/p-1/t24-/m0/s1. The Labute approximate surface area is 208 Å². The molecule has 0 unspecified atom stereocenters. The maximum Gasteiger partial charge on any atom is 0.340 e. The minimum atomic E-state index is -1.39. The van der Waals surface area contributed by atoms with Crippen LogP contribution in [0, 0.1) is 19.8 Å². The first-order valence-corrected chi connectivity index (χ1v) is 11.6. The highest BCUT2D eigenvalue weighted by Crippen LogP contribution is 2.30. The van der Waals surface area contributed by atoms with Gasteiger partial charge in [0.1, 0.15) is 11.3 Å². The van der Waals surface area contributed by atoms with Crippen molar-refractivity contribution in [3.63, 3.8) is 0 Å². The van der Waals surface area contributed by atoms with Crippen LogP contribution in [0.15, 0.2) is 51.7 Å². The summed E-state index contributed by atoms with van der Waals surface area (Å²) in [6, 6.07) is 12.0. The molecule has 2 N–H and O–H groups in total. The first kappa shape index (κ1) is 26.5. The van der Waals surface area contributed by atoms with Gasteiger partial charge in [0.15, 0.2) is 6.61 Å². The fraction of sp³-hybridized carbons (Fsp3) is 0.333. The van der Waals surface area contributed by atoms with Crippen molar-refractivity contribution in [2.45, 2.75) is 40.2 Å². The lowest BCUT2D eigenvalue weighted by molar-refractivity contribution is -0.309. The molecule has 3 rings (SSSR count). The molecular formula is C27H29N2O7-. The minimum absolute atomic E-state index is 0.359. The van der Waals surface area contributed by atoms with E-state index in [0.717, 1.165) is 16.5 Å². The van der Waals surface area contributed by atoms with Crippen molar-refractivity contribution in [3.05, 3.63) is 75.1 Å². The Hall–Kier alpha value is -4.14. The topological polar surface area (TPSA) is 138 Å². The number of hydrogen-bond acceptors (Lipinski definition) is 7. The van der Waals surface area contributed by atoms with Crippen molar-refractivity contribution in [2.75, 3.05) is 13.2 Å². The summed E-state index contributed by atoms with van der Waals surface area (Å²) in [6.45, 7) is 6.07. The van der Waals surface area contributed by atoms with Gasteiger partial charge in [-0.25, -0.2) is 4.79 Å².